The second-order valence-electron chi connectivity index (χ2n) is 5.12. The normalized spacial score (nSPS) is 37.1. The summed E-state index contributed by atoms with van der Waals surface area (Å²) in [6.45, 7) is 0. The molecule has 1 aliphatic rings. The number of benzene rings is 1. The van der Waals surface area contributed by atoms with E-state index in [0.29, 0.717) is 0 Å². The highest BCUT2D eigenvalue weighted by Crippen LogP contribution is 2.48. The van der Waals surface area contributed by atoms with Crippen LogP contribution in [0.3, 0.4) is 0 Å². The molecule has 0 bridgehead atoms. The molecule has 1 aromatic rings. The van der Waals surface area contributed by atoms with Crippen LogP contribution in [0.4, 0.5) is 0 Å². The average Bonchev–Trinajstić information content (AvgIpc) is 2.55. The molecule has 128 valence electrons. The molecule has 1 aromatic carbocycles. The standard InChI is InChI=1S/C12H16NO9P/c14-7-8(15)10(17)12(11(18)9(7)16)22-23(21,13(19)20)6-4-2-1-3-5-6/h1-5,7-12,14-18H. The topological polar surface area (TPSA) is 171 Å². The zero-order valence-electron chi connectivity index (χ0n) is 11.6. The fourth-order valence-electron chi connectivity index (χ4n) is 2.30. The first-order chi connectivity index (χ1) is 10.7. The van der Waals surface area contributed by atoms with E-state index < -0.39 is 48.8 Å². The number of hydrogen-bond donors (Lipinski definition) is 5. The van der Waals surface area contributed by atoms with Crippen molar-refractivity contribution in [2.24, 2.45) is 0 Å². The first-order valence-corrected chi connectivity index (χ1v) is 8.17. The zero-order valence-corrected chi connectivity index (χ0v) is 12.5. The SMILES string of the molecule is O=[N+]([O-])P(=O)(OC1C(O)C(O)C(O)C(O)C1O)c1ccccc1. The summed E-state index contributed by atoms with van der Waals surface area (Å²) in [7, 11) is -4.76. The van der Waals surface area contributed by atoms with Crippen molar-refractivity contribution in [3.63, 3.8) is 0 Å². The number of nitro groups is 1. The Hall–Kier alpha value is -1.39. The molecule has 0 spiro atoms. The Balaban J connectivity index is 2.37. The third kappa shape index (κ3) is 3.15. The van der Waals surface area contributed by atoms with Crippen molar-refractivity contribution in [3.05, 3.63) is 40.4 Å². The molecule has 1 saturated carbocycles. The summed E-state index contributed by atoms with van der Waals surface area (Å²) < 4.78 is 16.3. The van der Waals surface area contributed by atoms with Gasteiger partial charge < -0.3 is 25.5 Å². The van der Waals surface area contributed by atoms with Crippen LogP contribution >= 0.6 is 7.52 Å². The molecule has 5 N–H and O–H groups in total. The Kier molecular flexibility index (Phi) is 5.17. The highest BCUT2D eigenvalue weighted by atomic mass is 31.2. The van der Waals surface area contributed by atoms with Crippen molar-refractivity contribution < 1.29 is 39.3 Å². The van der Waals surface area contributed by atoms with Crippen molar-refractivity contribution in [2.45, 2.75) is 36.6 Å². The second kappa shape index (κ2) is 6.62. The summed E-state index contributed by atoms with van der Waals surface area (Å²) in [5.41, 5.74) is 0. The van der Waals surface area contributed by atoms with Crippen molar-refractivity contribution in [3.8, 4) is 0 Å². The van der Waals surface area contributed by atoms with Gasteiger partial charge in [0.1, 0.15) is 41.9 Å². The molecular formula is C12H16NO9P. The molecule has 1 fully saturated rings. The second-order valence-corrected chi connectivity index (χ2v) is 7.21. The van der Waals surface area contributed by atoms with Crippen molar-refractivity contribution in [2.75, 3.05) is 0 Å². The smallest absolute Gasteiger partial charge is 0.387 e. The van der Waals surface area contributed by atoms with Gasteiger partial charge in [-0.15, -0.1) is 0 Å². The number of nitrogens with zero attached hydrogens (tertiary/aromatic N) is 1. The van der Waals surface area contributed by atoms with Crippen LogP contribution in [0.25, 0.3) is 0 Å². The van der Waals surface area contributed by atoms with Gasteiger partial charge in [-0.25, -0.2) is 4.57 Å². The van der Waals surface area contributed by atoms with E-state index in [0.717, 1.165) is 0 Å². The van der Waals surface area contributed by atoms with Crippen LogP contribution in [0.1, 0.15) is 0 Å². The fourth-order valence-corrected chi connectivity index (χ4v) is 3.81. The minimum Gasteiger partial charge on any atom is -0.387 e. The minimum atomic E-state index is -4.76. The summed E-state index contributed by atoms with van der Waals surface area (Å²) in [5, 5.41) is 59.3. The number of aliphatic hydroxyl groups is 5. The van der Waals surface area contributed by atoms with E-state index in [-0.39, 0.29) is 5.30 Å². The van der Waals surface area contributed by atoms with E-state index >= 15 is 0 Å². The van der Waals surface area contributed by atoms with Gasteiger partial charge in [0.2, 0.25) is 0 Å². The maximum atomic E-state index is 12.6. The molecule has 1 aliphatic carbocycles. The summed E-state index contributed by atoms with van der Waals surface area (Å²) in [4.78, 5) is 11.2. The molecule has 0 amide bonds. The quantitative estimate of drug-likeness (QED) is 0.234. The number of hydrogen-bond acceptors (Lipinski definition) is 9. The molecule has 2 rings (SSSR count). The van der Waals surface area contributed by atoms with E-state index in [9.17, 15) is 40.2 Å². The van der Waals surface area contributed by atoms with Crippen LogP contribution in [0.5, 0.6) is 0 Å². The minimum absolute atomic E-state index is 0.292. The fraction of sp³-hybridized carbons (Fsp3) is 0.500. The van der Waals surface area contributed by atoms with Crippen molar-refractivity contribution >= 4 is 12.8 Å². The average molecular weight is 349 g/mol. The van der Waals surface area contributed by atoms with Gasteiger partial charge in [-0.05, 0) is 12.1 Å². The van der Waals surface area contributed by atoms with Gasteiger partial charge in [0.15, 0.2) is 0 Å². The van der Waals surface area contributed by atoms with Crippen LogP contribution in [-0.2, 0) is 9.09 Å². The van der Waals surface area contributed by atoms with Crippen LogP contribution in [-0.4, -0.2) is 66.9 Å². The number of rotatable bonds is 4. The first kappa shape index (κ1) is 18.0. The molecule has 0 saturated heterocycles. The first-order valence-electron chi connectivity index (χ1n) is 6.59. The van der Waals surface area contributed by atoms with E-state index in [1.807, 2.05) is 0 Å². The Morgan fingerprint density at radius 1 is 0.913 bits per heavy atom. The Bertz CT molecular complexity index is 596. The monoisotopic (exact) mass is 349 g/mol. The van der Waals surface area contributed by atoms with Crippen LogP contribution in [0, 0.1) is 10.1 Å². The predicted molar refractivity (Wildman–Crippen MR) is 75.6 cm³/mol. The molecule has 23 heavy (non-hydrogen) atoms. The Morgan fingerprint density at radius 2 is 1.35 bits per heavy atom. The summed E-state index contributed by atoms with van der Waals surface area (Å²) in [6.07, 6.45) is -11.7. The molecule has 10 nitrogen and oxygen atoms in total. The van der Waals surface area contributed by atoms with Gasteiger partial charge in [0.05, 0.1) is 4.69 Å². The van der Waals surface area contributed by atoms with Gasteiger partial charge in [0, 0.05) is 0 Å². The van der Waals surface area contributed by atoms with Gasteiger partial charge in [-0.2, -0.15) is 0 Å². The third-order valence-corrected chi connectivity index (χ3v) is 5.54. The summed E-state index contributed by atoms with van der Waals surface area (Å²) >= 11 is 0. The van der Waals surface area contributed by atoms with Crippen LogP contribution < -0.4 is 5.30 Å². The van der Waals surface area contributed by atoms with Gasteiger partial charge in [-0.1, -0.05) is 18.2 Å². The predicted octanol–water partition coefficient (Wildman–Crippen LogP) is -2.01. The van der Waals surface area contributed by atoms with Crippen LogP contribution in [0.2, 0.25) is 0 Å². The molecule has 5 atom stereocenters. The lowest BCUT2D eigenvalue weighted by Crippen LogP contribution is -2.64. The van der Waals surface area contributed by atoms with E-state index in [2.05, 4.69) is 0 Å². The van der Waals surface area contributed by atoms with Gasteiger partial charge >= 0.3 is 7.52 Å². The zero-order chi connectivity index (χ0) is 17.4. The lowest BCUT2D eigenvalue weighted by atomic mass is 9.85. The molecule has 0 aromatic heterocycles. The van der Waals surface area contributed by atoms with Crippen molar-refractivity contribution in [1.82, 2.24) is 0 Å². The Labute approximate surface area is 130 Å². The summed E-state index contributed by atoms with van der Waals surface area (Å²) in [5.74, 6) is 0. The molecule has 0 heterocycles. The molecule has 0 aliphatic heterocycles. The largest absolute Gasteiger partial charge is 0.540 e. The highest BCUT2D eigenvalue weighted by Gasteiger charge is 2.54. The molecule has 5 unspecified atom stereocenters. The molecular weight excluding hydrogens is 333 g/mol. The van der Waals surface area contributed by atoms with E-state index in [1.165, 1.54) is 30.3 Å². The summed E-state index contributed by atoms with van der Waals surface area (Å²) in [6, 6.07) is 6.65. The maximum Gasteiger partial charge on any atom is 0.540 e. The number of aliphatic hydroxyl groups excluding tert-OH is 5. The third-order valence-electron chi connectivity index (χ3n) is 3.63. The van der Waals surface area contributed by atoms with E-state index in [4.69, 9.17) is 4.52 Å². The van der Waals surface area contributed by atoms with Crippen LogP contribution in [0.15, 0.2) is 30.3 Å². The van der Waals surface area contributed by atoms with Gasteiger partial charge in [-0.3, -0.25) is 14.6 Å². The Morgan fingerprint density at radius 3 is 1.78 bits per heavy atom. The molecule has 0 radical (unpaired) electrons. The highest BCUT2D eigenvalue weighted by molar-refractivity contribution is 7.60. The maximum absolute atomic E-state index is 12.6. The van der Waals surface area contributed by atoms with E-state index in [1.54, 1.807) is 0 Å². The lowest BCUT2D eigenvalue weighted by molar-refractivity contribution is -0.333. The van der Waals surface area contributed by atoms with Gasteiger partial charge in [0.25, 0.3) is 0 Å². The molecule has 11 heteroatoms. The lowest BCUT2D eigenvalue weighted by Gasteiger charge is -2.41. The van der Waals surface area contributed by atoms with Crippen molar-refractivity contribution in [1.29, 1.82) is 0 Å².